The van der Waals surface area contributed by atoms with Gasteiger partial charge in [-0.15, -0.1) is 10.2 Å². The molecule has 2 aliphatic heterocycles. The molecule has 9 heteroatoms. The van der Waals surface area contributed by atoms with E-state index in [0.717, 1.165) is 19.0 Å². The number of hydrogen-bond donors (Lipinski definition) is 2. The maximum atomic E-state index is 14.4. The molecule has 4 heterocycles. The molecule has 2 fully saturated rings. The second kappa shape index (κ2) is 8.47. The molecule has 3 atom stereocenters. The Kier molecular flexibility index (Phi) is 5.59. The number of halogens is 1. The summed E-state index contributed by atoms with van der Waals surface area (Å²) in [6.45, 7) is 2.30. The van der Waals surface area contributed by atoms with Gasteiger partial charge in [-0.1, -0.05) is 12.5 Å². The number of piperidine rings is 2. The van der Waals surface area contributed by atoms with E-state index in [2.05, 4.69) is 32.3 Å². The molecule has 3 aromatic rings. The third-order valence-corrected chi connectivity index (χ3v) is 7.26. The van der Waals surface area contributed by atoms with Crippen molar-refractivity contribution in [3.63, 3.8) is 0 Å². The molecule has 0 aliphatic carbocycles. The number of fused-ring (bicyclic) bond motifs is 2. The number of phenolic OH excluding ortho intramolecular Hbond substituents is 1. The topological polar surface area (TPSA) is 96.2 Å². The van der Waals surface area contributed by atoms with E-state index in [0.29, 0.717) is 29.0 Å². The van der Waals surface area contributed by atoms with Crippen LogP contribution in [0.5, 0.6) is 5.75 Å². The molecule has 5 rings (SSSR count). The Morgan fingerprint density at radius 2 is 2.09 bits per heavy atom. The summed E-state index contributed by atoms with van der Waals surface area (Å²) in [5, 5.41) is 23.0. The lowest BCUT2D eigenvalue weighted by Gasteiger charge is -2.49. The van der Waals surface area contributed by atoms with Crippen molar-refractivity contribution in [2.24, 2.45) is 7.05 Å². The van der Waals surface area contributed by atoms with Crippen molar-refractivity contribution in [2.45, 2.75) is 56.7 Å². The van der Waals surface area contributed by atoms with Gasteiger partial charge >= 0.3 is 0 Å². The number of aromatic nitrogens is 4. The van der Waals surface area contributed by atoms with E-state index in [-0.39, 0.29) is 28.2 Å². The molecule has 0 saturated carbocycles. The highest BCUT2D eigenvalue weighted by atomic mass is 19.1. The molecule has 0 unspecified atom stereocenters. The van der Waals surface area contributed by atoms with Gasteiger partial charge < -0.3 is 19.9 Å². The molecular formula is C25H29FN6O2. The third kappa shape index (κ3) is 4.16. The summed E-state index contributed by atoms with van der Waals surface area (Å²) in [6, 6.07) is 6.75. The first-order chi connectivity index (χ1) is 16.2. The van der Waals surface area contributed by atoms with E-state index >= 15 is 0 Å². The summed E-state index contributed by atoms with van der Waals surface area (Å²) in [7, 11) is 3.52. The van der Waals surface area contributed by atoms with E-state index in [1.54, 1.807) is 18.3 Å². The monoisotopic (exact) mass is 464 g/mol. The van der Waals surface area contributed by atoms with E-state index in [9.17, 15) is 14.3 Å². The van der Waals surface area contributed by atoms with Crippen LogP contribution in [0.1, 0.15) is 39.0 Å². The average molecular weight is 465 g/mol. The smallest absolute Gasteiger partial charge is 0.251 e. The molecule has 2 aromatic heterocycles. The second-order valence-electron chi connectivity index (χ2n) is 9.85. The van der Waals surface area contributed by atoms with Crippen LogP contribution in [0.15, 0.2) is 41.5 Å². The Morgan fingerprint density at radius 1 is 1.26 bits per heavy atom. The van der Waals surface area contributed by atoms with Gasteiger partial charge in [-0.3, -0.25) is 4.79 Å². The maximum absolute atomic E-state index is 14.4. The summed E-state index contributed by atoms with van der Waals surface area (Å²) < 4.78 is 15.5. The van der Waals surface area contributed by atoms with Crippen LogP contribution >= 0.6 is 0 Å². The lowest BCUT2D eigenvalue weighted by Crippen LogP contribution is -2.61. The van der Waals surface area contributed by atoms with Crippen LogP contribution in [0.4, 0.5) is 10.2 Å². The number of hydrogen-bond acceptors (Lipinski definition) is 7. The standard InChI is InChI=1S/C25H29FN6O2/c1-25-8-4-5-16(28-25)10-17(12-25)32(3)22-13-27-24(30-29-22)18-7-6-15(9-21(18)33)19-11-23(34)31(2)14-20(19)26/h6-7,9,11,13-14,16-17,28,33H,4-5,8,10,12H2,1-3H3/t16-,17-,25+/m1/s1. The van der Waals surface area contributed by atoms with Crippen LogP contribution < -0.4 is 15.8 Å². The fourth-order valence-electron chi connectivity index (χ4n) is 5.39. The first-order valence-corrected chi connectivity index (χ1v) is 11.6. The number of phenols is 1. The molecule has 2 N–H and O–H groups in total. The van der Waals surface area contributed by atoms with Crippen molar-refractivity contribution in [3.8, 4) is 28.3 Å². The van der Waals surface area contributed by atoms with Gasteiger partial charge in [-0.2, -0.15) is 0 Å². The summed E-state index contributed by atoms with van der Waals surface area (Å²) in [5.41, 5.74) is 0.737. The zero-order valence-electron chi connectivity index (χ0n) is 19.6. The van der Waals surface area contributed by atoms with Gasteiger partial charge in [0, 0.05) is 49.5 Å². The highest BCUT2D eigenvalue weighted by Gasteiger charge is 2.40. The van der Waals surface area contributed by atoms with Crippen LogP contribution in [0.3, 0.4) is 0 Å². The average Bonchev–Trinajstić information content (AvgIpc) is 2.80. The van der Waals surface area contributed by atoms with Crippen molar-refractivity contribution in [2.75, 3.05) is 11.9 Å². The van der Waals surface area contributed by atoms with Gasteiger partial charge in [-0.25, -0.2) is 9.37 Å². The van der Waals surface area contributed by atoms with Crippen molar-refractivity contribution in [3.05, 3.63) is 52.8 Å². The molecule has 0 amide bonds. The highest BCUT2D eigenvalue weighted by Crippen LogP contribution is 2.37. The van der Waals surface area contributed by atoms with Crippen molar-refractivity contribution in [1.82, 2.24) is 25.1 Å². The number of aryl methyl sites for hydroxylation is 1. The van der Waals surface area contributed by atoms with Crippen molar-refractivity contribution in [1.29, 1.82) is 0 Å². The van der Waals surface area contributed by atoms with E-state index in [4.69, 9.17) is 0 Å². The van der Waals surface area contributed by atoms with Gasteiger partial charge in [0.1, 0.15) is 11.6 Å². The first kappa shape index (κ1) is 22.5. The highest BCUT2D eigenvalue weighted by molar-refractivity contribution is 5.73. The van der Waals surface area contributed by atoms with Gasteiger partial charge in [0.05, 0.1) is 11.8 Å². The van der Waals surface area contributed by atoms with Crippen molar-refractivity contribution < 1.29 is 9.50 Å². The Morgan fingerprint density at radius 3 is 2.79 bits per heavy atom. The molecule has 0 spiro atoms. The van der Waals surface area contributed by atoms with Gasteiger partial charge in [0.2, 0.25) is 0 Å². The molecule has 1 aromatic carbocycles. The normalized spacial score (nSPS) is 24.1. The van der Waals surface area contributed by atoms with E-state index < -0.39 is 5.82 Å². The molecule has 178 valence electrons. The Labute approximate surface area is 197 Å². The van der Waals surface area contributed by atoms with Gasteiger partial charge in [0.15, 0.2) is 11.6 Å². The number of benzene rings is 1. The molecule has 8 nitrogen and oxygen atoms in total. The Balaban J connectivity index is 1.36. The minimum atomic E-state index is -0.546. The fraction of sp³-hybridized carbons (Fsp3) is 0.440. The second-order valence-corrected chi connectivity index (χ2v) is 9.85. The maximum Gasteiger partial charge on any atom is 0.251 e. The van der Waals surface area contributed by atoms with Crippen LogP contribution in [0.2, 0.25) is 0 Å². The number of anilines is 1. The lowest BCUT2D eigenvalue weighted by molar-refractivity contribution is 0.140. The van der Waals surface area contributed by atoms with Gasteiger partial charge in [0.25, 0.3) is 5.56 Å². The van der Waals surface area contributed by atoms with E-state index in [1.807, 2.05) is 7.05 Å². The number of pyridine rings is 1. The number of rotatable bonds is 4. The van der Waals surface area contributed by atoms with Crippen LogP contribution in [0, 0.1) is 5.82 Å². The number of nitrogens with zero attached hydrogens (tertiary/aromatic N) is 5. The van der Waals surface area contributed by atoms with Crippen LogP contribution in [0.25, 0.3) is 22.5 Å². The largest absolute Gasteiger partial charge is 0.507 e. The third-order valence-electron chi connectivity index (χ3n) is 7.26. The predicted octanol–water partition coefficient (Wildman–Crippen LogP) is 3.25. The Bertz CT molecular complexity index is 1280. The molecule has 2 aliphatic rings. The predicted molar refractivity (Wildman–Crippen MR) is 128 cm³/mol. The Hall–Kier alpha value is -3.33. The quantitative estimate of drug-likeness (QED) is 0.612. The molecule has 2 saturated heterocycles. The lowest BCUT2D eigenvalue weighted by atomic mass is 9.75. The van der Waals surface area contributed by atoms with Crippen LogP contribution in [-0.2, 0) is 7.05 Å². The first-order valence-electron chi connectivity index (χ1n) is 11.6. The van der Waals surface area contributed by atoms with Crippen LogP contribution in [-0.4, -0.2) is 49.5 Å². The van der Waals surface area contributed by atoms with Crippen molar-refractivity contribution >= 4 is 5.82 Å². The summed E-state index contributed by atoms with van der Waals surface area (Å²) in [4.78, 5) is 18.5. The number of nitrogens with one attached hydrogen (secondary N) is 1. The zero-order chi connectivity index (χ0) is 24.0. The number of aromatic hydroxyl groups is 1. The fourth-order valence-corrected chi connectivity index (χ4v) is 5.39. The minimum Gasteiger partial charge on any atom is -0.507 e. The summed E-state index contributed by atoms with van der Waals surface area (Å²) in [6.07, 6.45) is 8.59. The molecule has 34 heavy (non-hydrogen) atoms. The molecular weight excluding hydrogens is 435 g/mol. The van der Waals surface area contributed by atoms with Gasteiger partial charge in [-0.05, 0) is 50.3 Å². The molecule has 2 bridgehead atoms. The van der Waals surface area contributed by atoms with E-state index in [1.165, 1.54) is 43.0 Å². The summed E-state index contributed by atoms with van der Waals surface area (Å²) in [5.74, 6) is 0.311. The molecule has 0 radical (unpaired) electrons. The SMILES string of the molecule is CN(c1cnc(-c2ccc(-c3cc(=O)n(C)cc3F)cc2O)nn1)[C@@H]1C[C@H]2CCC[C@@](C)(C1)N2. The summed E-state index contributed by atoms with van der Waals surface area (Å²) >= 11 is 0. The minimum absolute atomic E-state index is 0.111. The zero-order valence-corrected chi connectivity index (χ0v) is 19.6.